The molecule has 2 atom stereocenters. The summed E-state index contributed by atoms with van der Waals surface area (Å²) in [4.78, 5) is 14.3. The third-order valence-electron chi connectivity index (χ3n) is 4.42. The van der Waals surface area contributed by atoms with Gasteiger partial charge in [-0.3, -0.25) is 4.79 Å². The molecule has 0 bridgehead atoms. The highest BCUT2D eigenvalue weighted by atomic mass is 19.3. The second kappa shape index (κ2) is 7.79. The highest BCUT2D eigenvalue weighted by Gasteiger charge is 2.27. The van der Waals surface area contributed by atoms with Crippen LogP contribution in [0.3, 0.4) is 0 Å². The van der Waals surface area contributed by atoms with Crippen LogP contribution in [0.4, 0.5) is 14.5 Å². The van der Waals surface area contributed by atoms with Crippen LogP contribution in [0.2, 0.25) is 0 Å². The Balaban J connectivity index is 1.55. The summed E-state index contributed by atoms with van der Waals surface area (Å²) in [5.74, 6) is 0.119. The topological polar surface area (TPSA) is 50.8 Å². The van der Waals surface area contributed by atoms with Crippen LogP contribution in [0, 0.1) is 0 Å². The molecule has 2 unspecified atom stereocenters. The molecule has 0 aromatic heterocycles. The highest BCUT2D eigenvalue weighted by Crippen LogP contribution is 2.24. The van der Waals surface area contributed by atoms with Gasteiger partial charge in [0, 0.05) is 31.4 Å². The maximum absolute atomic E-state index is 12.2. The zero-order chi connectivity index (χ0) is 16.9. The van der Waals surface area contributed by atoms with E-state index in [9.17, 15) is 13.6 Å². The lowest BCUT2D eigenvalue weighted by molar-refractivity contribution is -0.130. The average Bonchev–Trinajstić information content (AvgIpc) is 3.10. The summed E-state index contributed by atoms with van der Waals surface area (Å²) in [7, 11) is 0. The third-order valence-corrected chi connectivity index (χ3v) is 4.42. The van der Waals surface area contributed by atoms with Gasteiger partial charge in [0.05, 0.1) is 0 Å². The van der Waals surface area contributed by atoms with Gasteiger partial charge in [-0.1, -0.05) is 0 Å². The molecule has 24 heavy (non-hydrogen) atoms. The third kappa shape index (κ3) is 4.35. The minimum Gasteiger partial charge on any atom is -0.435 e. The Morgan fingerprint density at radius 1 is 1.25 bits per heavy atom. The number of nitrogens with zero attached hydrogens (tertiary/aromatic N) is 1. The molecule has 132 valence electrons. The predicted molar refractivity (Wildman–Crippen MR) is 85.4 cm³/mol. The molecule has 7 heteroatoms. The van der Waals surface area contributed by atoms with Gasteiger partial charge in [0.1, 0.15) is 11.9 Å². The molecular weight excluding hydrogens is 318 g/mol. The summed E-state index contributed by atoms with van der Waals surface area (Å²) in [5, 5.41) is 3.07. The lowest BCUT2D eigenvalue weighted by Crippen LogP contribution is -2.50. The molecule has 0 spiro atoms. The van der Waals surface area contributed by atoms with Crippen molar-refractivity contribution >= 4 is 11.6 Å². The molecule has 1 aromatic rings. The first-order valence-electron chi connectivity index (χ1n) is 8.33. The van der Waals surface area contributed by atoms with E-state index in [-0.39, 0.29) is 23.8 Å². The number of nitrogens with one attached hydrogen (secondary N) is 1. The molecule has 1 amide bonds. The number of carbonyl (C=O) groups excluding carboxylic acids is 1. The number of halogens is 2. The molecule has 2 aliphatic heterocycles. The standard InChI is InChI=1S/C17H22F2N2O3/c18-17(19)24-14-7-5-13(6-8-14)21-9-1-3-12(11-21)20-16(22)15-4-2-10-23-15/h5-8,12,15,17H,1-4,9-11H2,(H,20,22). The normalized spacial score (nSPS) is 24.2. The van der Waals surface area contributed by atoms with Crippen molar-refractivity contribution in [1.29, 1.82) is 0 Å². The van der Waals surface area contributed by atoms with E-state index in [1.54, 1.807) is 12.1 Å². The van der Waals surface area contributed by atoms with Gasteiger partial charge in [0.2, 0.25) is 5.91 Å². The molecule has 2 heterocycles. The number of hydrogen-bond acceptors (Lipinski definition) is 4. The van der Waals surface area contributed by atoms with Crippen LogP contribution in [0.25, 0.3) is 0 Å². The number of amides is 1. The van der Waals surface area contributed by atoms with Crippen LogP contribution in [-0.4, -0.2) is 44.4 Å². The van der Waals surface area contributed by atoms with Crippen LogP contribution in [0.1, 0.15) is 25.7 Å². The summed E-state index contributed by atoms with van der Waals surface area (Å²) >= 11 is 0. The minimum atomic E-state index is -2.82. The minimum absolute atomic E-state index is 0.0277. The molecule has 2 saturated heterocycles. The fourth-order valence-electron chi connectivity index (χ4n) is 3.25. The van der Waals surface area contributed by atoms with Gasteiger partial charge < -0.3 is 19.7 Å². The number of anilines is 1. The zero-order valence-electron chi connectivity index (χ0n) is 13.4. The molecule has 0 saturated carbocycles. The van der Waals surface area contributed by atoms with Gasteiger partial charge in [-0.15, -0.1) is 0 Å². The van der Waals surface area contributed by atoms with Crippen molar-refractivity contribution in [2.75, 3.05) is 24.6 Å². The maximum Gasteiger partial charge on any atom is 0.387 e. The molecule has 1 N–H and O–H groups in total. The first-order chi connectivity index (χ1) is 11.6. The first-order valence-corrected chi connectivity index (χ1v) is 8.33. The van der Waals surface area contributed by atoms with E-state index in [1.165, 1.54) is 12.1 Å². The molecule has 0 radical (unpaired) electrons. The number of hydrogen-bond donors (Lipinski definition) is 1. The van der Waals surface area contributed by atoms with Crippen molar-refractivity contribution in [2.24, 2.45) is 0 Å². The molecule has 0 aliphatic carbocycles. The van der Waals surface area contributed by atoms with Gasteiger partial charge in [-0.2, -0.15) is 8.78 Å². The fraction of sp³-hybridized carbons (Fsp3) is 0.588. The summed E-state index contributed by atoms with van der Waals surface area (Å²) < 4.78 is 34.2. The largest absolute Gasteiger partial charge is 0.435 e. The Morgan fingerprint density at radius 2 is 2.04 bits per heavy atom. The monoisotopic (exact) mass is 340 g/mol. The zero-order valence-corrected chi connectivity index (χ0v) is 13.4. The number of ether oxygens (including phenoxy) is 2. The van der Waals surface area contributed by atoms with E-state index < -0.39 is 6.61 Å². The van der Waals surface area contributed by atoms with Crippen molar-refractivity contribution in [2.45, 2.75) is 44.4 Å². The van der Waals surface area contributed by atoms with E-state index >= 15 is 0 Å². The fourth-order valence-corrected chi connectivity index (χ4v) is 3.25. The second-order valence-corrected chi connectivity index (χ2v) is 6.17. The van der Waals surface area contributed by atoms with Crippen molar-refractivity contribution in [1.82, 2.24) is 5.32 Å². The highest BCUT2D eigenvalue weighted by molar-refractivity contribution is 5.81. The Hall–Kier alpha value is -1.89. The molecular formula is C17H22F2N2O3. The van der Waals surface area contributed by atoms with Crippen molar-refractivity contribution in [3.05, 3.63) is 24.3 Å². The summed E-state index contributed by atoms with van der Waals surface area (Å²) in [6, 6.07) is 6.68. The van der Waals surface area contributed by atoms with Crippen LogP contribution in [0.15, 0.2) is 24.3 Å². The van der Waals surface area contributed by atoms with Gasteiger partial charge in [-0.25, -0.2) is 0 Å². The lowest BCUT2D eigenvalue weighted by Gasteiger charge is -2.35. The Kier molecular flexibility index (Phi) is 5.50. The van der Waals surface area contributed by atoms with E-state index in [4.69, 9.17) is 4.74 Å². The van der Waals surface area contributed by atoms with Gasteiger partial charge in [0.25, 0.3) is 0 Å². The molecule has 2 aliphatic rings. The molecule has 5 nitrogen and oxygen atoms in total. The second-order valence-electron chi connectivity index (χ2n) is 6.17. The Morgan fingerprint density at radius 3 is 2.71 bits per heavy atom. The van der Waals surface area contributed by atoms with Gasteiger partial charge in [-0.05, 0) is 49.9 Å². The van der Waals surface area contributed by atoms with Crippen LogP contribution >= 0.6 is 0 Å². The number of carbonyl (C=O) groups is 1. The van der Waals surface area contributed by atoms with Gasteiger partial charge in [0.15, 0.2) is 0 Å². The Bertz CT molecular complexity index is 547. The summed E-state index contributed by atoms with van der Waals surface area (Å²) in [6.45, 7) is -0.584. The number of piperidine rings is 1. The van der Waals surface area contributed by atoms with Crippen molar-refractivity contribution < 1.29 is 23.0 Å². The van der Waals surface area contributed by atoms with Crippen LogP contribution < -0.4 is 15.0 Å². The smallest absolute Gasteiger partial charge is 0.387 e. The SMILES string of the molecule is O=C(NC1CCCN(c2ccc(OC(F)F)cc2)C1)C1CCCO1. The van der Waals surface area contributed by atoms with E-state index in [0.29, 0.717) is 13.2 Å². The molecule has 2 fully saturated rings. The van der Waals surface area contributed by atoms with E-state index in [1.807, 2.05) is 0 Å². The number of benzene rings is 1. The van der Waals surface area contributed by atoms with Gasteiger partial charge >= 0.3 is 6.61 Å². The molecule has 3 rings (SSSR count). The Labute approximate surface area is 139 Å². The molecule has 1 aromatic carbocycles. The summed E-state index contributed by atoms with van der Waals surface area (Å²) in [6.07, 6.45) is 3.30. The number of alkyl halides is 2. The maximum atomic E-state index is 12.2. The first kappa shape index (κ1) is 17.0. The van der Waals surface area contributed by atoms with E-state index in [0.717, 1.165) is 37.9 Å². The van der Waals surface area contributed by atoms with Crippen LogP contribution in [0.5, 0.6) is 5.75 Å². The average molecular weight is 340 g/mol. The summed E-state index contributed by atoms with van der Waals surface area (Å²) in [5.41, 5.74) is 0.938. The van der Waals surface area contributed by atoms with E-state index in [2.05, 4.69) is 15.0 Å². The lowest BCUT2D eigenvalue weighted by atomic mass is 10.0. The number of rotatable bonds is 5. The van der Waals surface area contributed by atoms with Crippen LogP contribution in [-0.2, 0) is 9.53 Å². The van der Waals surface area contributed by atoms with Crippen molar-refractivity contribution in [3.63, 3.8) is 0 Å². The predicted octanol–water partition coefficient (Wildman–Crippen LogP) is 2.55. The quantitative estimate of drug-likeness (QED) is 0.895. The van der Waals surface area contributed by atoms with Crippen molar-refractivity contribution in [3.8, 4) is 5.75 Å².